The number of hydrogen-bond donors (Lipinski definition) is 2. The molecule has 2 aromatic carbocycles. The monoisotopic (exact) mass is 422 g/mol. The highest BCUT2D eigenvalue weighted by Gasteiger charge is 2.19. The van der Waals surface area contributed by atoms with Crippen LogP contribution in [0.25, 0.3) is 0 Å². The molecule has 4 rings (SSSR count). The number of aryl methyl sites for hydroxylation is 1. The summed E-state index contributed by atoms with van der Waals surface area (Å²) < 4.78 is 4.89. The molecule has 1 aliphatic rings. The molecule has 7 nitrogen and oxygen atoms in total. The van der Waals surface area contributed by atoms with Crippen molar-refractivity contribution in [2.45, 2.75) is 13.3 Å². The number of amides is 2. The van der Waals surface area contributed by atoms with Crippen LogP contribution in [0.3, 0.4) is 0 Å². The van der Waals surface area contributed by atoms with Gasteiger partial charge in [0.1, 0.15) is 5.76 Å². The Hall–Kier alpha value is -3.26. The van der Waals surface area contributed by atoms with Crippen LogP contribution in [-0.2, 0) is 16.0 Å². The number of thioether (sulfide) groups is 1. The van der Waals surface area contributed by atoms with E-state index in [0.717, 1.165) is 24.3 Å². The molecule has 0 fully saturated rings. The first kappa shape index (κ1) is 20.0. The normalized spacial score (nSPS) is 12.5. The highest BCUT2D eigenvalue weighted by molar-refractivity contribution is 8.00. The zero-order valence-corrected chi connectivity index (χ0v) is 17.4. The summed E-state index contributed by atoms with van der Waals surface area (Å²) in [4.78, 5) is 26.3. The van der Waals surface area contributed by atoms with Crippen LogP contribution in [0.4, 0.5) is 22.9 Å². The second-order valence-corrected chi connectivity index (χ2v) is 7.97. The third kappa shape index (κ3) is 4.83. The highest BCUT2D eigenvalue weighted by Crippen LogP contribution is 2.34. The van der Waals surface area contributed by atoms with Crippen molar-refractivity contribution in [1.82, 2.24) is 5.16 Å². The topological polar surface area (TPSA) is 87.5 Å². The van der Waals surface area contributed by atoms with E-state index in [1.807, 2.05) is 24.3 Å². The van der Waals surface area contributed by atoms with E-state index < -0.39 is 0 Å². The largest absolute Gasteiger partial charge is 0.360 e. The predicted octanol–water partition coefficient (Wildman–Crippen LogP) is 3.99. The Balaban J connectivity index is 1.24. The Bertz CT molecular complexity index is 1050. The minimum atomic E-state index is -0.226. The zero-order valence-electron chi connectivity index (χ0n) is 16.6. The Morgan fingerprint density at radius 1 is 1.07 bits per heavy atom. The van der Waals surface area contributed by atoms with Gasteiger partial charge in [-0.15, -0.1) is 11.8 Å². The molecular formula is C22H22N4O3S. The third-order valence-electron chi connectivity index (χ3n) is 4.71. The molecule has 0 unspecified atom stereocenters. The summed E-state index contributed by atoms with van der Waals surface area (Å²) in [5, 5.41) is 9.20. The average molecular weight is 423 g/mol. The molecule has 0 radical (unpaired) electrons. The maximum Gasteiger partial charge on any atom is 0.235 e. The van der Waals surface area contributed by atoms with Gasteiger partial charge in [-0.1, -0.05) is 23.4 Å². The van der Waals surface area contributed by atoms with E-state index in [0.29, 0.717) is 11.6 Å². The zero-order chi connectivity index (χ0) is 20.9. The summed E-state index contributed by atoms with van der Waals surface area (Å²) in [5.74, 6) is 0.973. The second-order valence-electron chi connectivity index (χ2n) is 6.99. The molecule has 30 heavy (non-hydrogen) atoms. The lowest BCUT2D eigenvalue weighted by atomic mass is 10.2. The fraction of sp³-hybridized carbons (Fsp3) is 0.227. The number of nitrogens with zero attached hydrogens (tertiary/aromatic N) is 2. The molecule has 3 aromatic rings. The standard InChI is InChI=1S/C22H22N4O3S/c1-15-12-20(25-29-15)24-22(28)14-30-13-21(27)23-17-6-8-18(9-7-17)26-11-10-16-4-2-3-5-19(16)26/h2-9,12H,10-11,13-14H2,1H3,(H,23,27)(H,24,25,28). The first-order valence-electron chi connectivity index (χ1n) is 9.65. The molecule has 154 valence electrons. The summed E-state index contributed by atoms with van der Waals surface area (Å²) in [5.41, 5.74) is 4.44. The lowest BCUT2D eigenvalue weighted by molar-refractivity contribution is -0.114. The predicted molar refractivity (Wildman–Crippen MR) is 119 cm³/mol. The third-order valence-corrected chi connectivity index (χ3v) is 5.64. The van der Waals surface area contributed by atoms with Crippen LogP contribution in [0.1, 0.15) is 11.3 Å². The number of rotatable bonds is 7. The SMILES string of the molecule is Cc1cc(NC(=O)CSCC(=O)Nc2ccc(N3CCc4ccccc43)cc2)no1. The van der Waals surface area contributed by atoms with Crippen molar-refractivity contribution in [3.8, 4) is 0 Å². The number of benzene rings is 2. The van der Waals surface area contributed by atoms with Crippen LogP contribution in [0.15, 0.2) is 59.1 Å². The van der Waals surface area contributed by atoms with Crippen molar-refractivity contribution in [3.05, 3.63) is 65.9 Å². The van der Waals surface area contributed by atoms with Crippen LogP contribution >= 0.6 is 11.8 Å². The molecular weight excluding hydrogens is 400 g/mol. The van der Waals surface area contributed by atoms with E-state index in [2.05, 4.69) is 45.0 Å². The number of carbonyl (C=O) groups is 2. The van der Waals surface area contributed by atoms with E-state index in [-0.39, 0.29) is 23.3 Å². The summed E-state index contributed by atoms with van der Waals surface area (Å²) in [6, 6.07) is 17.9. The van der Waals surface area contributed by atoms with E-state index in [1.54, 1.807) is 13.0 Å². The van der Waals surface area contributed by atoms with Crippen molar-refractivity contribution < 1.29 is 14.1 Å². The van der Waals surface area contributed by atoms with Gasteiger partial charge in [-0.3, -0.25) is 9.59 Å². The number of fused-ring (bicyclic) bond motifs is 1. The van der Waals surface area contributed by atoms with Crippen LogP contribution in [0.5, 0.6) is 0 Å². The van der Waals surface area contributed by atoms with E-state index in [4.69, 9.17) is 4.52 Å². The number of hydrogen-bond acceptors (Lipinski definition) is 6. The van der Waals surface area contributed by atoms with Crippen molar-refractivity contribution in [1.29, 1.82) is 0 Å². The van der Waals surface area contributed by atoms with Gasteiger partial charge in [0, 0.05) is 29.7 Å². The van der Waals surface area contributed by atoms with Crippen molar-refractivity contribution in [2.75, 3.05) is 33.6 Å². The van der Waals surface area contributed by atoms with Gasteiger partial charge in [-0.2, -0.15) is 0 Å². The van der Waals surface area contributed by atoms with Gasteiger partial charge in [-0.05, 0) is 49.2 Å². The van der Waals surface area contributed by atoms with Crippen LogP contribution in [0, 0.1) is 6.92 Å². The molecule has 8 heteroatoms. The maximum atomic E-state index is 12.2. The summed E-state index contributed by atoms with van der Waals surface area (Å²) in [7, 11) is 0. The van der Waals surface area contributed by atoms with E-state index >= 15 is 0 Å². The van der Waals surface area contributed by atoms with Gasteiger partial charge in [0.25, 0.3) is 0 Å². The van der Waals surface area contributed by atoms with Gasteiger partial charge < -0.3 is 20.1 Å². The minimum absolute atomic E-state index is 0.149. The molecule has 1 aliphatic heterocycles. The highest BCUT2D eigenvalue weighted by atomic mass is 32.2. The number of carbonyl (C=O) groups excluding carboxylic acids is 2. The van der Waals surface area contributed by atoms with Crippen molar-refractivity contribution in [3.63, 3.8) is 0 Å². The summed E-state index contributed by atoms with van der Waals surface area (Å²) in [6.07, 6.45) is 1.04. The minimum Gasteiger partial charge on any atom is -0.360 e. The summed E-state index contributed by atoms with van der Waals surface area (Å²) >= 11 is 1.24. The molecule has 1 aromatic heterocycles. The molecule has 2 heterocycles. The van der Waals surface area contributed by atoms with Gasteiger partial charge in [0.15, 0.2) is 5.82 Å². The number of anilines is 4. The fourth-order valence-corrected chi connectivity index (χ4v) is 3.99. The fourth-order valence-electron chi connectivity index (χ4n) is 3.37. The molecule has 2 N–H and O–H groups in total. The average Bonchev–Trinajstić information content (AvgIpc) is 3.34. The molecule has 0 saturated heterocycles. The van der Waals surface area contributed by atoms with Crippen molar-refractivity contribution >= 4 is 46.5 Å². The first-order chi connectivity index (χ1) is 14.6. The van der Waals surface area contributed by atoms with Gasteiger partial charge >= 0.3 is 0 Å². The van der Waals surface area contributed by atoms with Crippen molar-refractivity contribution in [2.24, 2.45) is 0 Å². The Morgan fingerprint density at radius 2 is 1.80 bits per heavy atom. The molecule has 2 amide bonds. The van der Waals surface area contributed by atoms with Gasteiger partial charge in [-0.25, -0.2) is 0 Å². The summed E-state index contributed by atoms with van der Waals surface area (Å²) in [6.45, 7) is 2.70. The van der Waals surface area contributed by atoms with Gasteiger partial charge in [0.2, 0.25) is 11.8 Å². The van der Waals surface area contributed by atoms with E-state index in [1.165, 1.54) is 23.0 Å². The number of para-hydroxylation sites is 1. The second kappa shape index (κ2) is 9.04. The Kier molecular flexibility index (Phi) is 6.04. The van der Waals surface area contributed by atoms with Crippen LogP contribution in [-0.4, -0.2) is 35.0 Å². The number of aromatic nitrogens is 1. The Morgan fingerprint density at radius 3 is 2.53 bits per heavy atom. The lowest BCUT2D eigenvalue weighted by Crippen LogP contribution is -2.18. The Labute approximate surface area is 178 Å². The van der Waals surface area contributed by atoms with E-state index in [9.17, 15) is 9.59 Å². The van der Waals surface area contributed by atoms with Gasteiger partial charge in [0.05, 0.1) is 11.5 Å². The molecule has 0 bridgehead atoms. The molecule has 0 aliphatic carbocycles. The first-order valence-corrected chi connectivity index (χ1v) is 10.8. The van der Waals surface area contributed by atoms with Crippen LogP contribution < -0.4 is 15.5 Å². The molecule has 0 atom stereocenters. The molecule has 0 spiro atoms. The quantitative estimate of drug-likeness (QED) is 0.599. The molecule has 0 saturated carbocycles. The number of nitrogens with one attached hydrogen (secondary N) is 2. The van der Waals surface area contributed by atoms with Crippen LogP contribution in [0.2, 0.25) is 0 Å². The maximum absolute atomic E-state index is 12.2. The smallest absolute Gasteiger partial charge is 0.235 e. The lowest BCUT2D eigenvalue weighted by Gasteiger charge is -2.20.